The molecule has 0 aliphatic heterocycles. The molecule has 2 N–H and O–H groups in total. The first-order chi connectivity index (χ1) is 12.0. The van der Waals surface area contributed by atoms with Gasteiger partial charge in [0, 0.05) is 19.3 Å². The summed E-state index contributed by atoms with van der Waals surface area (Å²) in [5, 5.41) is 17.4. The number of nitrogens with zero attached hydrogens (tertiary/aromatic N) is 1. The second-order valence-corrected chi connectivity index (χ2v) is 7.23. The maximum atomic E-state index is 10.2. The lowest BCUT2D eigenvalue weighted by Crippen LogP contribution is -2.19. The van der Waals surface area contributed by atoms with Crippen LogP contribution in [0.1, 0.15) is 56.2 Å². The number of aliphatic hydroxyl groups is 1. The third-order valence-corrected chi connectivity index (χ3v) is 4.61. The zero-order chi connectivity index (χ0) is 18.7. The van der Waals surface area contributed by atoms with Gasteiger partial charge in [0.15, 0.2) is 0 Å². The highest BCUT2D eigenvalue weighted by Gasteiger charge is 2.09. The molecule has 2 atom stereocenters. The molecule has 0 bridgehead atoms. The lowest BCUT2D eigenvalue weighted by atomic mass is 9.94. The van der Waals surface area contributed by atoms with Crippen LogP contribution < -0.4 is 0 Å². The smallest absolute Gasteiger partial charge is 0.0723 e. The lowest BCUT2D eigenvalue weighted by molar-refractivity contribution is 0.181. The standard InChI is InChI=1S/C22H36N2O/c1-5-8-19(6-2)16-22(25)10-7-9-20-13-18(3)14-21(15-20)17-24(4)12-11-23/h7,10-11,13-15,19,22-23,25H,5-6,8-9,12,16-17H2,1-4H3. The summed E-state index contributed by atoms with van der Waals surface area (Å²) in [5.41, 5.74) is 3.82. The Kier molecular flexibility index (Phi) is 10.4. The molecule has 0 amide bonds. The Hall–Kier alpha value is -1.45. The summed E-state index contributed by atoms with van der Waals surface area (Å²) in [7, 11) is 2.03. The zero-order valence-electron chi connectivity index (χ0n) is 16.5. The molecule has 0 aliphatic carbocycles. The molecule has 3 nitrogen and oxygen atoms in total. The molecule has 25 heavy (non-hydrogen) atoms. The van der Waals surface area contributed by atoms with Gasteiger partial charge in [-0.15, -0.1) is 0 Å². The molecule has 0 aromatic heterocycles. The largest absolute Gasteiger partial charge is 0.389 e. The van der Waals surface area contributed by atoms with Crippen LogP contribution in [0.5, 0.6) is 0 Å². The van der Waals surface area contributed by atoms with E-state index in [1.54, 1.807) is 0 Å². The Balaban J connectivity index is 2.60. The van der Waals surface area contributed by atoms with Crippen molar-refractivity contribution in [2.45, 2.75) is 65.5 Å². The number of rotatable bonds is 12. The molecule has 0 saturated carbocycles. The maximum absolute atomic E-state index is 10.2. The third-order valence-electron chi connectivity index (χ3n) is 4.61. The normalized spacial score (nSPS) is 14.2. The van der Waals surface area contributed by atoms with Crippen molar-refractivity contribution >= 4 is 6.21 Å². The van der Waals surface area contributed by atoms with E-state index in [-0.39, 0.29) is 6.10 Å². The number of aryl methyl sites for hydroxylation is 1. The predicted octanol–water partition coefficient (Wildman–Crippen LogP) is 4.75. The van der Waals surface area contributed by atoms with Crippen LogP contribution in [-0.2, 0) is 13.0 Å². The van der Waals surface area contributed by atoms with E-state index < -0.39 is 0 Å². The molecule has 0 heterocycles. The van der Waals surface area contributed by atoms with Crippen molar-refractivity contribution in [1.29, 1.82) is 5.41 Å². The fraction of sp³-hybridized carbons (Fsp3) is 0.591. The van der Waals surface area contributed by atoms with Gasteiger partial charge in [0.2, 0.25) is 0 Å². The summed E-state index contributed by atoms with van der Waals surface area (Å²) in [6.45, 7) is 8.07. The second-order valence-electron chi connectivity index (χ2n) is 7.23. The molecular formula is C22H36N2O. The monoisotopic (exact) mass is 344 g/mol. The van der Waals surface area contributed by atoms with Gasteiger partial charge in [0.05, 0.1) is 6.10 Å². The van der Waals surface area contributed by atoms with Gasteiger partial charge < -0.3 is 10.5 Å². The minimum atomic E-state index is -0.334. The zero-order valence-corrected chi connectivity index (χ0v) is 16.5. The molecule has 0 saturated heterocycles. The molecule has 1 rings (SSSR count). The summed E-state index contributed by atoms with van der Waals surface area (Å²) >= 11 is 0. The van der Waals surface area contributed by atoms with Crippen molar-refractivity contribution in [1.82, 2.24) is 4.90 Å². The van der Waals surface area contributed by atoms with Crippen molar-refractivity contribution in [3.63, 3.8) is 0 Å². The van der Waals surface area contributed by atoms with Gasteiger partial charge >= 0.3 is 0 Å². The van der Waals surface area contributed by atoms with Gasteiger partial charge in [-0.2, -0.15) is 0 Å². The molecule has 1 aromatic rings. The number of nitrogens with one attached hydrogen (secondary N) is 1. The van der Waals surface area contributed by atoms with Crippen LogP contribution in [-0.4, -0.2) is 35.9 Å². The molecule has 0 radical (unpaired) electrons. The van der Waals surface area contributed by atoms with E-state index in [9.17, 15) is 5.11 Å². The van der Waals surface area contributed by atoms with Gasteiger partial charge in [-0.25, -0.2) is 0 Å². The average Bonchev–Trinajstić information content (AvgIpc) is 2.54. The van der Waals surface area contributed by atoms with Crippen LogP contribution in [0.15, 0.2) is 30.4 Å². The van der Waals surface area contributed by atoms with E-state index >= 15 is 0 Å². The van der Waals surface area contributed by atoms with Gasteiger partial charge in [0.25, 0.3) is 0 Å². The Bertz CT molecular complexity index is 539. The van der Waals surface area contributed by atoms with Gasteiger partial charge in [-0.1, -0.05) is 69.0 Å². The fourth-order valence-electron chi connectivity index (χ4n) is 3.37. The molecule has 2 unspecified atom stereocenters. The van der Waals surface area contributed by atoms with E-state index in [4.69, 9.17) is 5.41 Å². The molecular weight excluding hydrogens is 308 g/mol. The minimum Gasteiger partial charge on any atom is -0.389 e. The number of hydrogen-bond donors (Lipinski definition) is 2. The molecule has 3 heteroatoms. The Morgan fingerprint density at radius 1 is 1.20 bits per heavy atom. The van der Waals surface area contributed by atoms with Gasteiger partial charge in [-0.3, -0.25) is 4.90 Å². The summed E-state index contributed by atoms with van der Waals surface area (Å²) in [6, 6.07) is 6.65. The topological polar surface area (TPSA) is 47.3 Å². The predicted molar refractivity (Wildman–Crippen MR) is 108 cm³/mol. The Labute approximate surface area is 154 Å². The first-order valence-corrected chi connectivity index (χ1v) is 9.60. The number of aliphatic hydroxyl groups excluding tert-OH is 1. The molecule has 1 aromatic carbocycles. The summed E-state index contributed by atoms with van der Waals surface area (Å²) in [5.74, 6) is 0.625. The van der Waals surface area contributed by atoms with Crippen molar-refractivity contribution < 1.29 is 5.11 Å². The highest BCUT2D eigenvalue weighted by atomic mass is 16.3. The average molecular weight is 345 g/mol. The molecule has 0 spiro atoms. The van der Waals surface area contributed by atoms with Crippen molar-refractivity contribution in [3.05, 3.63) is 47.0 Å². The van der Waals surface area contributed by atoms with Crippen LogP contribution >= 0.6 is 0 Å². The van der Waals surface area contributed by atoms with Crippen LogP contribution in [0.4, 0.5) is 0 Å². The Morgan fingerprint density at radius 3 is 2.56 bits per heavy atom. The SMILES string of the molecule is CCCC(CC)CC(O)C=CCc1cc(C)cc(CN(C)CC=N)c1. The highest BCUT2D eigenvalue weighted by Crippen LogP contribution is 2.18. The van der Waals surface area contributed by atoms with E-state index in [1.807, 2.05) is 13.1 Å². The van der Waals surface area contributed by atoms with Crippen LogP contribution in [0.25, 0.3) is 0 Å². The lowest BCUT2D eigenvalue weighted by Gasteiger charge is -2.16. The molecule has 0 aliphatic rings. The first kappa shape index (κ1) is 21.6. The first-order valence-electron chi connectivity index (χ1n) is 9.60. The van der Waals surface area contributed by atoms with Crippen LogP contribution in [0.3, 0.4) is 0 Å². The highest BCUT2D eigenvalue weighted by molar-refractivity contribution is 5.55. The summed E-state index contributed by atoms with van der Waals surface area (Å²) in [6.07, 6.45) is 10.4. The van der Waals surface area contributed by atoms with Crippen molar-refractivity contribution in [2.75, 3.05) is 13.6 Å². The number of hydrogen-bond acceptors (Lipinski definition) is 3. The summed E-state index contributed by atoms with van der Waals surface area (Å²) in [4.78, 5) is 2.13. The van der Waals surface area contributed by atoms with Gasteiger partial charge in [0.1, 0.15) is 0 Å². The molecule has 0 fully saturated rings. The summed E-state index contributed by atoms with van der Waals surface area (Å²) < 4.78 is 0. The van der Waals surface area contributed by atoms with Crippen LogP contribution in [0, 0.1) is 18.3 Å². The van der Waals surface area contributed by atoms with Crippen molar-refractivity contribution in [3.8, 4) is 0 Å². The van der Waals surface area contributed by atoms with Crippen LogP contribution in [0.2, 0.25) is 0 Å². The minimum absolute atomic E-state index is 0.334. The Morgan fingerprint density at radius 2 is 1.92 bits per heavy atom. The second kappa shape index (κ2) is 12.0. The third kappa shape index (κ3) is 8.99. The number of benzene rings is 1. The van der Waals surface area contributed by atoms with E-state index in [2.05, 4.69) is 49.9 Å². The van der Waals surface area contributed by atoms with Gasteiger partial charge in [-0.05, 0) is 43.9 Å². The maximum Gasteiger partial charge on any atom is 0.0723 e. The molecule has 140 valence electrons. The van der Waals surface area contributed by atoms with E-state index in [0.29, 0.717) is 12.5 Å². The quantitative estimate of drug-likeness (QED) is 0.424. The van der Waals surface area contributed by atoms with Crippen molar-refractivity contribution in [2.24, 2.45) is 5.92 Å². The fourth-order valence-corrected chi connectivity index (χ4v) is 3.37. The van der Waals surface area contributed by atoms with E-state index in [0.717, 1.165) is 25.8 Å². The number of allylic oxidation sites excluding steroid dienone is 1. The van der Waals surface area contributed by atoms with E-state index in [1.165, 1.54) is 35.7 Å².